The van der Waals surface area contributed by atoms with E-state index in [1.54, 1.807) is 6.92 Å². The van der Waals surface area contributed by atoms with Crippen molar-refractivity contribution in [1.29, 1.82) is 0 Å². The molecule has 1 aliphatic heterocycles. The van der Waals surface area contributed by atoms with Crippen LogP contribution in [0.25, 0.3) is 0 Å². The fraction of sp³-hybridized carbons (Fsp3) is 0.467. The molecule has 1 heterocycles. The molecule has 0 aromatic heterocycles. The second-order valence-corrected chi connectivity index (χ2v) is 6.46. The molecule has 1 saturated heterocycles. The van der Waals surface area contributed by atoms with Crippen molar-refractivity contribution in [2.75, 3.05) is 13.1 Å². The topological polar surface area (TPSA) is 49.4 Å². The minimum atomic E-state index is -0.678. The maximum atomic E-state index is 14.0. The molecule has 2 amide bonds. The Morgan fingerprint density at radius 2 is 2.14 bits per heavy atom. The van der Waals surface area contributed by atoms with Crippen LogP contribution < -0.4 is 5.32 Å². The van der Waals surface area contributed by atoms with E-state index >= 15 is 0 Å². The van der Waals surface area contributed by atoms with E-state index in [1.165, 1.54) is 28.8 Å². The summed E-state index contributed by atoms with van der Waals surface area (Å²) < 4.78 is 27.0. The van der Waals surface area contributed by atoms with Crippen LogP contribution in [0.3, 0.4) is 0 Å². The molecule has 2 atom stereocenters. The minimum Gasteiger partial charge on any atom is -0.356 e. The highest BCUT2D eigenvalue weighted by Crippen LogP contribution is 2.43. The number of carbonyl (C=O) groups excluding carboxylic acids is 2. The standard InChI is InChI=1S/C15H18F2N2O2S/c1-3-18-13(20)6-7-19-14(21)9(2)22-15(19)11-5-4-10(16)8-12(11)17/h4-5,8-9,15H,3,6-7H2,1-2H3,(H,18,20). The van der Waals surface area contributed by atoms with Gasteiger partial charge in [0.25, 0.3) is 0 Å². The summed E-state index contributed by atoms with van der Waals surface area (Å²) in [5.74, 6) is -1.62. The van der Waals surface area contributed by atoms with Crippen LogP contribution in [0.15, 0.2) is 18.2 Å². The van der Waals surface area contributed by atoms with Crippen LogP contribution in [-0.2, 0) is 9.59 Å². The van der Waals surface area contributed by atoms with Gasteiger partial charge in [0.15, 0.2) is 0 Å². The van der Waals surface area contributed by atoms with E-state index in [1.807, 2.05) is 6.92 Å². The molecule has 7 heteroatoms. The number of thioether (sulfide) groups is 1. The van der Waals surface area contributed by atoms with Crippen molar-refractivity contribution in [2.24, 2.45) is 0 Å². The van der Waals surface area contributed by atoms with Gasteiger partial charge in [-0.05, 0) is 19.9 Å². The summed E-state index contributed by atoms with van der Waals surface area (Å²) >= 11 is 1.30. The lowest BCUT2D eigenvalue weighted by Crippen LogP contribution is -2.34. The van der Waals surface area contributed by atoms with Gasteiger partial charge in [-0.2, -0.15) is 0 Å². The van der Waals surface area contributed by atoms with Crippen molar-refractivity contribution in [3.63, 3.8) is 0 Å². The Bertz CT molecular complexity index is 583. The molecule has 22 heavy (non-hydrogen) atoms. The Hall–Kier alpha value is -1.63. The lowest BCUT2D eigenvalue weighted by atomic mass is 10.1. The van der Waals surface area contributed by atoms with Gasteiger partial charge in [0, 0.05) is 31.1 Å². The maximum Gasteiger partial charge on any atom is 0.236 e. The lowest BCUT2D eigenvalue weighted by molar-refractivity contribution is -0.130. The fourth-order valence-electron chi connectivity index (χ4n) is 2.35. The van der Waals surface area contributed by atoms with Crippen LogP contribution in [0.1, 0.15) is 31.2 Å². The van der Waals surface area contributed by atoms with E-state index in [0.717, 1.165) is 6.07 Å². The minimum absolute atomic E-state index is 0.136. The highest BCUT2D eigenvalue weighted by Gasteiger charge is 2.39. The van der Waals surface area contributed by atoms with Crippen molar-refractivity contribution in [3.05, 3.63) is 35.4 Å². The van der Waals surface area contributed by atoms with Gasteiger partial charge in [0.05, 0.1) is 5.25 Å². The first kappa shape index (κ1) is 16.7. The zero-order valence-electron chi connectivity index (χ0n) is 12.4. The number of amides is 2. The Balaban J connectivity index is 2.17. The third-order valence-corrected chi connectivity index (χ3v) is 4.81. The number of rotatable bonds is 5. The smallest absolute Gasteiger partial charge is 0.236 e. The van der Waals surface area contributed by atoms with E-state index in [4.69, 9.17) is 0 Å². The second kappa shape index (κ2) is 7.09. The predicted octanol–water partition coefficient (Wildman–Crippen LogP) is 2.45. The molecule has 1 aromatic carbocycles. The molecular weight excluding hydrogens is 310 g/mol. The average molecular weight is 328 g/mol. The van der Waals surface area contributed by atoms with Crippen molar-refractivity contribution in [1.82, 2.24) is 10.2 Å². The summed E-state index contributed by atoms with van der Waals surface area (Å²) in [5, 5.41) is 1.82. The Morgan fingerprint density at radius 3 is 2.77 bits per heavy atom. The summed E-state index contributed by atoms with van der Waals surface area (Å²) in [6.45, 7) is 4.29. The summed E-state index contributed by atoms with van der Waals surface area (Å²) in [6, 6.07) is 3.34. The zero-order valence-corrected chi connectivity index (χ0v) is 13.3. The first-order chi connectivity index (χ1) is 10.4. The summed E-state index contributed by atoms with van der Waals surface area (Å²) in [5.41, 5.74) is 0.264. The van der Waals surface area contributed by atoms with E-state index < -0.39 is 17.0 Å². The van der Waals surface area contributed by atoms with Crippen LogP contribution in [0.4, 0.5) is 8.78 Å². The van der Waals surface area contributed by atoms with Crippen LogP contribution >= 0.6 is 11.8 Å². The van der Waals surface area contributed by atoms with Crippen LogP contribution in [0, 0.1) is 11.6 Å². The number of nitrogens with one attached hydrogen (secondary N) is 1. The van der Waals surface area contributed by atoms with E-state index in [9.17, 15) is 18.4 Å². The van der Waals surface area contributed by atoms with Crippen molar-refractivity contribution >= 4 is 23.6 Å². The highest BCUT2D eigenvalue weighted by molar-refractivity contribution is 8.01. The number of hydrogen-bond acceptors (Lipinski definition) is 3. The van der Waals surface area contributed by atoms with Crippen LogP contribution in [0.5, 0.6) is 0 Å². The molecule has 2 unspecified atom stereocenters. The predicted molar refractivity (Wildman–Crippen MR) is 81.2 cm³/mol. The van der Waals surface area contributed by atoms with Gasteiger partial charge in [-0.1, -0.05) is 6.07 Å². The first-order valence-corrected chi connectivity index (χ1v) is 8.06. The lowest BCUT2D eigenvalue weighted by Gasteiger charge is -2.24. The Labute approximate surface area is 132 Å². The molecule has 0 bridgehead atoms. The molecule has 1 N–H and O–H groups in total. The van der Waals surface area contributed by atoms with Gasteiger partial charge >= 0.3 is 0 Å². The molecule has 0 saturated carbocycles. The van der Waals surface area contributed by atoms with E-state index in [-0.39, 0.29) is 35.6 Å². The Morgan fingerprint density at radius 1 is 1.41 bits per heavy atom. The monoisotopic (exact) mass is 328 g/mol. The average Bonchev–Trinajstić information content (AvgIpc) is 2.73. The quantitative estimate of drug-likeness (QED) is 0.903. The van der Waals surface area contributed by atoms with Crippen molar-refractivity contribution in [2.45, 2.75) is 30.9 Å². The summed E-state index contributed by atoms with van der Waals surface area (Å²) in [4.78, 5) is 25.3. The van der Waals surface area contributed by atoms with Crippen LogP contribution in [0.2, 0.25) is 0 Å². The van der Waals surface area contributed by atoms with Crippen molar-refractivity contribution < 1.29 is 18.4 Å². The number of hydrogen-bond donors (Lipinski definition) is 1. The second-order valence-electron chi connectivity index (χ2n) is 5.03. The molecule has 4 nitrogen and oxygen atoms in total. The number of halogens is 2. The van der Waals surface area contributed by atoms with E-state index in [0.29, 0.717) is 6.54 Å². The third-order valence-electron chi connectivity index (χ3n) is 3.43. The van der Waals surface area contributed by atoms with Gasteiger partial charge in [-0.25, -0.2) is 8.78 Å². The SMILES string of the molecule is CCNC(=O)CCN1C(=O)C(C)SC1c1ccc(F)cc1F. The van der Waals surface area contributed by atoms with Gasteiger partial charge in [-0.15, -0.1) is 11.8 Å². The van der Waals surface area contributed by atoms with Gasteiger partial charge in [0.1, 0.15) is 17.0 Å². The molecule has 0 radical (unpaired) electrons. The summed E-state index contributed by atoms with van der Waals surface area (Å²) in [6.07, 6.45) is 0.159. The molecule has 1 aliphatic rings. The largest absolute Gasteiger partial charge is 0.356 e. The third kappa shape index (κ3) is 3.58. The molecule has 2 rings (SSSR count). The van der Waals surface area contributed by atoms with Gasteiger partial charge in [0.2, 0.25) is 11.8 Å². The highest BCUT2D eigenvalue weighted by atomic mass is 32.2. The number of nitrogens with zero attached hydrogens (tertiary/aromatic N) is 1. The van der Waals surface area contributed by atoms with Gasteiger partial charge in [-0.3, -0.25) is 9.59 Å². The maximum absolute atomic E-state index is 14.0. The molecule has 1 aromatic rings. The van der Waals surface area contributed by atoms with E-state index in [2.05, 4.69) is 5.32 Å². The van der Waals surface area contributed by atoms with Crippen LogP contribution in [-0.4, -0.2) is 35.1 Å². The fourth-order valence-corrected chi connectivity index (χ4v) is 3.68. The molecule has 1 fully saturated rings. The molecule has 120 valence electrons. The molecular formula is C15H18F2N2O2S. The first-order valence-electron chi connectivity index (χ1n) is 7.11. The number of carbonyl (C=O) groups is 2. The van der Waals surface area contributed by atoms with Gasteiger partial charge < -0.3 is 10.2 Å². The Kier molecular flexibility index (Phi) is 5.39. The molecule has 0 aliphatic carbocycles. The van der Waals surface area contributed by atoms with Crippen molar-refractivity contribution in [3.8, 4) is 0 Å². The molecule has 0 spiro atoms. The summed E-state index contributed by atoms with van der Waals surface area (Å²) in [7, 11) is 0. The normalized spacial score (nSPS) is 21.3. The zero-order chi connectivity index (χ0) is 16.3. The number of benzene rings is 1.